The van der Waals surface area contributed by atoms with Crippen molar-refractivity contribution in [2.75, 3.05) is 0 Å². The highest BCUT2D eigenvalue weighted by Gasteiger charge is 2.06. The van der Waals surface area contributed by atoms with Crippen LogP contribution in [0.3, 0.4) is 0 Å². The van der Waals surface area contributed by atoms with Crippen molar-refractivity contribution >= 4 is 11.8 Å². The molecule has 0 rings (SSSR count). The van der Waals surface area contributed by atoms with Gasteiger partial charge in [-0.15, -0.1) is 0 Å². The Labute approximate surface area is 52.9 Å². The zero-order chi connectivity index (χ0) is 7.28. The first kappa shape index (κ1) is 8.10. The lowest BCUT2D eigenvalue weighted by molar-refractivity contribution is -0.146. The van der Waals surface area contributed by atoms with E-state index in [4.69, 9.17) is 0 Å². The van der Waals surface area contributed by atoms with Crippen LogP contribution in [0.2, 0.25) is 0 Å². The molecule has 0 aromatic carbocycles. The van der Waals surface area contributed by atoms with Crippen molar-refractivity contribution in [2.45, 2.75) is 19.8 Å². The van der Waals surface area contributed by atoms with Crippen molar-refractivity contribution in [2.24, 2.45) is 5.90 Å². The van der Waals surface area contributed by atoms with Crippen molar-refractivity contribution in [3.05, 3.63) is 0 Å². The Bertz CT molecular complexity index is 107. The van der Waals surface area contributed by atoms with Gasteiger partial charge in [0.25, 0.3) is 0 Å². The van der Waals surface area contributed by atoms with Gasteiger partial charge < -0.3 is 4.84 Å². The largest absolute Gasteiger partial charge is 0.373 e. The molecule has 0 bridgehead atoms. The molecule has 0 amide bonds. The van der Waals surface area contributed by atoms with Crippen LogP contribution >= 0.6 is 0 Å². The van der Waals surface area contributed by atoms with E-state index < -0.39 is 5.97 Å². The smallest absolute Gasteiger partial charge is 0.331 e. The maximum Gasteiger partial charge on any atom is 0.331 e. The van der Waals surface area contributed by atoms with E-state index in [0.29, 0.717) is 6.42 Å². The van der Waals surface area contributed by atoms with Crippen LogP contribution in [0.25, 0.3) is 0 Å². The highest BCUT2D eigenvalue weighted by Crippen LogP contribution is 1.88. The van der Waals surface area contributed by atoms with Crippen molar-refractivity contribution in [3.8, 4) is 0 Å². The van der Waals surface area contributed by atoms with Gasteiger partial charge in [0, 0.05) is 6.42 Å². The molecule has 4 nitrogen and oxygen atoms in total. The van der Waals surface area contributed by atoms with Crippen LogP contribution in [-0.4, -0.2) is 11.8 Å². The first-order valence-electron chi connectivity index (χ1n) is 2.62. The van der Waals surface area contributed by atoms with E-state index in [1.807, 2.05) is 0 Å². The fourth-order valence-electron chi connectivity index (χ4n) is 0.328. The predicted octanol–water partition coefficient (Wildman–Crippen LogP) is -0.227. The zero-order valence-corrected chi connectivity index (χ0v) is 5.22. The molecule has 0 saturated carbocycles. The Morgan fingerprint density at radius 2 is 2.11 bits per heavy atom. The van der Waals surface area contributed by atoms with Crippen LogP contribution in [0.5, 0.6) is 0 Å². The summed E-state index contributed by atoms with van der Waals surface area (Å²) >= 11 is 0. The monoisotopic (exact) mass is 131 g/mol. The lowest BCUT2D eigenvalue weighted by atomic mass is 10.2. The Morgan fingerprint density at radius 1 is 1.56 bits per heavy atom. The van der Waals surface area contributed by atoms with E-state index in [1.165, 1.54) is 0 Å². The lowest BCUT2D eigenvalue weighted by Crippen LogP contribution is -2.13. The van der Waals surface area contributed by atoms with Crippen LogP contribution in [0, 0.1) is 0 Å². The topological polar surface area (TPSA) is 69.4 Å². The molecule has 0 saturated heterocycles. The van der Waals surface area contributed by atoms with Crippen molar-refractivity contribution in [3.63, 3.8) is 0 Å². The Morgan fingerprint density at radius 3 is 2.44 bits per heavy atom. The van der Waals surface area contributed by atoms with Gasteiger partial charge in [-0.3, -0.25) is 4.79 Å². The molecule has 0 aromatic heterocycles. The summed E-state index contributed by atoms with van der Waals surface area (Å²) in [5, 5.41) is 0. The third kappa shape index (κ3) is 3.66. The molecular weight excluding hydrogens is 122 g/mol. The summed E-state index contributed by atoms with van der Waals surface area (Å²) in [7, 11) is 0. The molecule has 0 aliphatic heterocycles. The van der Waals surface area contributed by atoms with Gasteiger partial charge in [0.05, 0.1) is 0 Å². The summed E-state index contributed by atoms with van der Waals surface area (Å²) < 4.78 is 0. The highest BCUT2D eigenvalue weighted by molar-refractivity contribution is 5.95. The van der Waals surface area contributed by atoms with Gasteiger partial charge in [0.2, 0.25) is 0 Å². The van der Waals surface area contributed by atoms with Gasteiger partial charge in [-0.1, -0.05) is 6.92 Å². The predicted molar refractivity (Wildman–Crippen MR) is 30.2 cm³/mol. The van der Waals surface area contributed by atoms with E-state index in [0.717, 1.165) is 0 Å². The van der Waals surface area contributed by atoms with E-state index in [1.54, 1.807) is 6.92 Å². The SMILES string of the molecule is CCC(=O)CC(=O)ON. The van der Waals surface area contributed by atoms with Crippen LogP contribution in [0.1, 0.15) is 19.8 Å². The third-order valence-electron chi connectivity index (χ3n) is 0.867. The minimum absolute atomic E-state index is 0.162. The number of carbonyl (C=O) groups excluding carboxylic acids is 2. The first-order chi connectivity index (χ1) is 4.20. The average molecular weight is 131 g/mol. The fraction of sp³-hybridized carbons (Fsp3) is 0.600. The maximum atomic E-state index is 10.4. The van der Waals surface area contributed by atoms with E-state index in [2.05, 4.69) is 10.7 Å². The molecule has 4 heteroatoms. The number of nitrogens with two attached hydrogens (primary N) is 1. The molecular formula is C5H9NO3. The average Bonchev–Trinajstić information content (AvgIpc) is 1.87. The normalized spacial score (nSPS) is 8.67. The second-order valence-corrected chi connectivity index (χ2v) is 1.56. The number of hydrogen-bond acceptors (Lipinski definition) is 4. The summed E-state index contributed by atoms with van der Waals surface area (Å²) in [6.07, 6.45) is 0.127. The van der Waals surface area contributed by atoms with Crippen molar-refractivity contribution in [1.82, 2.24) is 0 Å². The van der Waals surface area contributed by atoms with Crippen LogP contribution < -0.4 is 5.90 Å². The molecule has 0 atom stereocenters. The Balaban J connectivity index is 3.47. The molecule has 0 aliphatic rings. The third-order valence-corrected chi connectivity index (χ3v) is 0.867. The van der Waals surface area contributed by atoms with Crippen molar-refractivity contribution < 1.29 is 14.4 Å². The zero-order valence-electron chi connectivity index (χ0n) is 5.22. The Hall–Kier alpha value is -0.900. The highest BCUT2D eigenvalue weighted by atomic mass is 16.7. The molecule has 0 radical (unpaired) electrons. The van der Waals surface area contributed by atoms with Gasteiger partial charge in [-0.25, -0.2) is 4.79 Å². The quantitative estimate of drug-likeness (QED) is 0.424. The Kier molecular flexibility index (Phi) is 3.62. The molecule has 52 valence electrons. The summed E-state index contributed by atoms with van der Waals surface area (Å²) in [4.78, 5) is 24.4. The van der Waals surface area contributed by atoms with E-state index >= 15 is 0 Å². The molecule has 0 aromatic rings. The second kappa shape index (κ2) is 4.03. The van der Waals surface area contributed by atoms with Gasteiger partial charge in [-0.05, 0) is 0 Å². The second-order valence-electron chi connectivity index (χ2n) is 1.56. The molecule has 0 spiro atoms. The molecule has 0 fully saturated rings. The summed E-state index contributed by atoms with van der Waals surface area (Å²) in [5.74, 6) is 3.63. The van der Waals surface area contributed by atoms with E-state index in [9.17, 15) is 9.59 Å². The van der Waals surface area contributed by atoms with Crippen molar-refractivity contribution in [1.29, 1.82) is 0 Å². The summed E-state index contributed by atoms with van der Waals surface area (Å²) in [5.41, 5.74) is 0. The van der Waals surface area contributed by atoms with Gasteiger partial charge in [0.15, 0.2) is 0 Å². The first-order valence-corrected chi connectivity index (χ1v) is 2.62. The number of hydrogen-bond donors (Lipinski definition) is 1. The summed E-state index contributed by atoms with van der Waals surface area (Å²) in [6.45, 7) is 1.67. The lowest BCUT2D eigenvalue weighted by Gasteiger charge is -1.92. The number of Topliss-reactive ketones (excluding diaryl/α,β-unsaturated/α-hetero) is 1. The van der Waals surface area contributed by atoms with E-state index in [-0.39, 0.29) is 12.2 Å². The van der Waals surface area contributed by atoms with Gasteiger partial charge >= 0.3 is 5.97 Å². The minimum atomic E-state index is -0.679. The van der Waals surface area contributed by atoms with Gasteiger partial charge in [0.1, 0.15) is 12.2 Å². The summed E-state index contributed by atoms with van der Waals surface area (Å²) in [6, 6.07) is 0. The number of ketones is 1. The van der Waals surface area contributed by atoms with Crippen LogP contribution in [0.15, 0.2) is 0 Å². The standard InChI is InChI=1S/C5H9NO3/c1-2-4(7)3-5(8)9-6/h2-3,6H2,1H3. The molecule has 0 unspecified atom stereocenters. The molecule has 0 heterocycles. The molecule has 2 N–H and O–H groups in total. The van der Waals surface area contributed by atoms with Gasteiger partial charge in [-0.2, -0.15) is 5.90 Å². The molecule has 9 heavy (non-hydrogen) atoms. The molecule has 0 aliphatic carbocycles. The fourth-order valence-corrected chi connectivity index (χ4v) is 0.328. The van der Waals surface area contributed by atoms with Crippen LogP contribution in [-0.2, 0) is 14.4 Å². The number of carbonyl (C=O) groups is 2. The van der Waals surface area contributed by atoms with Crippen LogP contribution in [0.4, 0.5) is 0 Å². The minimum Gasteiger partial charge on any atom is -0.373 e. The number of rotatable bonds is 3. The maximum absolute atomic E-state index is 10.4.